The molecule has 3 rings (SSSR count). The summed E-state index contributed by atoms with van der Waals surface area (Å²) < 4.78 is 0. The molecule has 4 heteroatoms. The van der Waals surface area contributed by atoms with Crippen LogP contribution in [0.4, 0.5) is 5.69 Å². The summed E-state index contributed by atoms with van der Waals surface area (Å²) in [6.45, 7) is 6.22. The number of fused-ring (bicyclic) bond motifs is 2. The van der Waals surface area contributed by atoms with Gasteiger partial charge in [-0.05, 0) is 36.8 Å². The number of para-hydroxylation sites is 1. The van der Waals surface area contributed by atoms with E-state index >= 15 is 0 Å². The maximum atomic E-state index is 11.8. The van der Waals surface area contributed by atoms with Gasteiger partial charge in [0.25, 0.3) is 0 Å². The van der Waals surface area contributed by atoms with Crippen molar-refractivity contribution in [3.05, 3.63) is 30.3 Å². The van der Waals surface area contributed by atoms with Crippen LogP contribution in [-0.2, 0) is 4.79 Å². The first kappa shape index (κ1) is 14.1. The fourth-order valence-electron chi connectivity index (χ4n) is 4.15. The minimum Gasteiger partial charge on any atom is -0.550 e. The summed E-state index contributed by atoms with van der Waals surface area (Å²) in [6.07, 6.45) is 2.02. The minimum absolute atomic E-state index is 0.186. The molecule has 2 bridgehead atoms. The van der Waals surface area contributed by atoms with Gasteiger partial charge >= 0.3 is 0 Å². The van der Waals surface area contributed by atoms with Crippen molar-refractivity contribution >= 4 is 17.4 Å². The van der Waals surface area contributed by atoms with E-state index in [1.54, 1.807) is 0 Å². The van der Waals surface area contributed by atoms with Crippen LogP contribution >= 0.6 is 0 Å². The molecule has 0 heterocycles. The van der Waals surface area contributed by atoms with Gasteiger partial charge in [-0.3, -0.25) is 5.43 Å². The van der Waals surface area contributed by atoms with Gasteiger partial charge in [0, 0.05) is 22.5 Å². The summed E-state index contributed by atoms with van der Waals surface area (Å²) in [5.41, 5.74) is 3.63. The van der Waals surface area contributed by atoms with Crippen molar-refractivity contribution in [2.75, 3.05) is 5.43 Å². The lowest BCUT2D eigenvalue weighted by Gasteiger charge is -2.41. The number of aliphatic carboxylic acids is 1. The number of nitrogens with one attached hydrogen (secondary N) is 1. The Labute approximate surface area is 125 Å². The number of carboxylic acid groups (broad SMARTS) is 1. The lowest BCUT2D eigenvalue weighted by molar-refractivity contribution is -0.323. The quantitative estimate of drug-likeness (QED) is 0.867. The topological polar surface area (TPSA) is 64.5 Å². The molecule has 0 unspecified atom stereocenters. The number of anilines is 1. The molecule has 2 fully saturated rings. The van der Waals surface area contributed by atoms with E-state index in [4.69, 9.17) is 0 Å². The van der Waals surface area contributed by atoms with E-state index in [9.17, 15) is 9.90 Å². The Kier molecular flexibility index (Phi) is 2.91. The first-order valence-corrected chi connectivity index (χ1v) is 7.43. The third kappa shape index (κ3) is 1.68. The first-order chi connectivity index (χ1) is 9.83. The van der Waals surface area contributed by atoms with E-state index in [2.05, 4.69) is 17.5 Å². The molecule has 4 nitrogen and oxygen atoms in total. The van der Waals surface area contributed by atoms with Crippen LogP contribution in [0.1, 0.15) is 40.0 Å². The van der Waals surface area contributed by atoms with Gasteiger partial charge in [-0.2, -0.15) is 5.10 Å². The second-order valence-electron chi connectivity index (χ2n) is 7.04. The largest absolute Gasteiger partial charge is 0.550 e. The van der Waals surface area contributed by atoms with Gasteiger partial charge in [0.1, 0.15) is 0 Å². The molecule has 2 aliphatic carbocycles. The summed E-state index contributed by atoms with van der Waals surface area (Å²) in [5.74, 6) is -0.930. The average Bonchev–Trinajstić information content (AvgIpc) is 2.76. The molecule has 1 aromatic rings. The second-order valence-corrected chi connectivity index (χ2v) is 7.04. The van der Waals surface area contributed by atoms with E-state index < -0.39 is 11.4 Å². The zero-order valence-electron chi connectivity index (χ0n) is 12.8. The number of hydrazone groups is 1. The fraction of sp³-hybridized carbons (Fsp3) is 0.529. The molecule has 0 radical (unpaired) electrons. The van der Waals surface area contributed by atoms with Crippen molar-refractivity contribution in [2.45, 2.75) is 40.0 Å². The van der Waals surface area contributed by atoms with Crippen LogP contribution in [-0.4, -0.2) is 11.7 Å². The van der Waals surface area contributed by atoms with Gasteiger partial charge in [-0.1, -0.05) is 39.0 Å². The highest BCUT2D eigenvalue weighted by Crippen LogP contribution is 2.70. The zero-order valence-corrected chi connectivity index (χ0v) is 12.8. The van der Waals surface area contributed by atoms with Crippen molar-refractivity contribution in [2.24, 2.45) is 21.3 Å². The summed E-state index contributed by atoms with van der Waals surface area (Å²) in [4.78, 5) is 11.8. The molecule has 0 aromatic heterocycles. The fourth-order valence-corrected chi connectivity index (χ4v) is 4.15. The Morgan fingerprint density at radius 1 is 1.19 bits per heavy atom. The van der Waals surface area contributed by atoms with Crippen molar-refractivity contribution in [3.63, 3.8) is 0 Å². The molecule has 0 aliphatic heterocycles. The molecule has 2 saturated carbocycles. The minimum atomic E-state index is -0.930. The standard InChI is InChI=1S/C17H22N2O2/c1-15(2)16(3)9-10-17(15,14(20)21)11-13(16)19-18-12-7-5-4-6-8-12/h4-8,18H,9-11H2,1-3H3,(H,20,21)/p-1/b19-13-/t16-,17-/m0/s1. The van der Waals surface area contributed by atoms with Crippen LogP contribution in [0.3, 0.4) is 0 Å². The van der Waals surface area contributed by atoms with Gasteiger partial charge in [-0.15, -0.1) is 0 Å². The molecule has 1 N–H and O–H groups in total. The molecule has 112 valence electrons. The molecule has 0 saturated heterocycles. The average molecular weight is 285 g/mol. The van der Waals surface area contributed by atoms with Gasteiger partial charge in [0.15, 0.2) is 0 Å². The van der Waals surface area contributed by atoms with E-state index in [1.807, 2.05) is 44.2 Å². The van der Waals surface area contributed by atoms with E-state index in [0.717, 1.165) is 17.8 Å². The normalized spacial score (nSPS) is 35.1. The number of nitrogens with zero attached hydrogens (tertiary/aromatic N) is 1. The number of carboxylic acids is 1. The Morgan fingerprint density at radius 2 is 1.86 bits per heavy atom. The van der Waals surface area contributed by atoms with Crippen molar-refractivity contribution in [1.29, 1.82) is 0 Å². The molecule has 1 aromatic carbocycles. The highest BCUT2D eigenvalue weighted by molar-refractivity contribution is 6.00. The van der Waals surface area contributed by atoms with Crippen LogP contribution in [0.5, 0.6) is 0 Å². The number of hydrogen-bond donors (Lipinski definition) is 1. The van der Waals surface area contributed by atoms with Gasteiger partial charge < -0.3 is 9.90 Å². The van der Waals surface area contributed by atoms with Crippen LogP contribution in [0.15, 0.2) is 35.4 Å². The number of carbonyl (C=O) groups is 1. The first-order valence-electron chi connectivity index (χ1n) is 7.43. The molecule has 21 heavy (non-hydrogen) atoms. The molecule has 0 spiro atoms. The Hall–Kier alpha value is -1.84. The zero-order chi connectivity index (χ0) is 15.3. The van der Waals surface area contributed by atoms with Crippen LogP contribution in [0.25, 0.3) is 0 Å². The van der Waals surface area contributed by atoms with Gasteiger partial charge in [0.2, 0.25) is 0 Å². The van der Waals surface area contributed by atoms with E-state index in [0.29, 0.717) is 12.8 Å². The predicted octanol–water partition coefficient (Wildman–Crippen LogP) is 2.42. The maximum Gasteiger partial charge on any atom is 0.0561 e. The smallest absolute Gasteiger partial charge is 0.0561 e. The van der Waals surface area contributed by atoms with Crippen molar-refractivity contribution in [3.8, 4) is 0 Å². The number of hydrogen-bond acceptors (Lipinski definition) is 4. The highest BCUT2D eigenvalue weighted by Gasteiger charge is 2.69. The Bertz CT molecular complexity index is 608. The third-order valence-electron chi connectivity index (χ3n) is 6.22. The number of rotatable bonds is 3. The SMILES string of the molecule is CC1(C)[C@@]2(C(=O)[O-])CC[C@@]1(C)/C(=N\Nc1ccccc1)C2. The monoisotopic (exact) mass is 285 g/mol. The Morgan fingerprint density at radius 3 is 2.43 bits per heavy atom. The van der Waals surface area contributed by atoms with Gasteiger partial charge in [-0.25, -0.2) is 0 Å². The third-order valence-corrected chi connectivity index (χ3v) is 6.22. The highest BCUT2D eigenvalue weighted by atomic mass is 16.4. The second kappa shape index (κ2) is 4.33. The molecule has 2 atom stereocenters. The van der Waals surface area contributed by atoms with Crippen LogP contribution < -0.4 is 10.5 Å². The summed E-state index contributed by atoms with van der Waals surface area (Å²) >= 11 is 0. The summed E-state index contributed by atoms with van der Waals surface area (Å²) in [7, 11) is 0. The summed E-state index contributed by atoms with van der Waals surface area (Å²) in [5, 5.41) is 16.3. The lowest BCUT2D eigenvalue weighted by Crippen LogP contribution is -2.47. The van der Waals surface area contributed by atoms with Crippen LogP contribution in [0, 0.1) is 16.2 Å². The molecule has 2 aliphatic rings. The van der Waals surface area contributed by atoms with E-state index in [-0.39, 0.29) is 10.8 Å². The molecule has 0 amide bonds. The predicted molar refractivity (Wildman–Crippen MR) is 80.7 cm³/mol. The maximum absolute atomic E-state index is 11.8. The van der Waals surface area contributed by atoms with Crippen LogP contribution in [0.2, 0.25) is 0 Å². The van der Waals surface area contributed by atoms with Crippen molar-refractivity contribution in [1.82, 2.24) is 0 Å². The Balaban J connectivity index is 1.94. The lowest BCUT2D eigenvalue weighted by atomic mass is 9.65. The molecular formula is C17H21N2O2-. The number of carbonyl (C=O) groups excluding carboxylic acids is 1. The van der Waals surface area contributed by atoms with Gasteiger partial charge in [0.05, 0.1) is 5.69 Å². The van der Waals surface area contributed by atoms with E-state index in [1.165, 1.54) is 0 Å². The summed E-state index contributed by atoms with van der Waals surface area (Å²) in [6, 6.07) is 9.72. The number of benzene rings is 1. The van der Waals surface area contributed by atoms with Crippen molar-refractivity contribution < 1.29 is 9.90 Å². The molecular weight excluding hydrogens is 264 g/mol.